The molecule has 1 aromatic heterocycles. The van der Waals surface area contributed by atoms with Gasteiger partial charge in [-0.2, -0.15) is 0 Å². The maximum atomic E-state index is 12.4. The number of hydrogen-bond acceptors (Lipinski definition) is 5. The fourth-order valence-corrected chi connectivity index (χ4v) is 2.79. The predicted octanol–water partition coefficient (Wildman–Crippen LogP) is 0.220. The minimum absolute atomic E-state index is 0.0597. The summed E-state index contributed by atoms with van der Waals surface area (Å²) in [5.41, 5.74) is 1.05. The van der Waals surface area contributed by atoms with Crippen LogP contribution in [-0.2, 0) is 16.1 Å². The first-order valence-corrected chi connectivity index (χ1v) is 8.29. The largest absolute Gasteiger partial charge is 0.497 e. The second-order valence-corrected chi connectivity index (χ2v) is 5.99. The summed E-state index contributed by atoms with van der Waals surface area (Å²) in [7, 11) is 1.59. The Kier molecular flexibility index (Phi) is 5.31. The van der Waals surface area contributed by atoms with Gasteiger partial charge in [0.05, 0.1) is 19.1 Å². The van der Waals surface area contributed by atoms with Gasteiger partial charge in [-0.15, -0.1) is 0 Å². The van der Waals surface area contributed by atoms with E-state index in [0.29, 0.717) is 31.9 Å². The van der Waals surface area contributed by atoms with Crippen LogP contribution in [0.2, 0.25) is 0 Å². The second kappa shape index (κ2) is 7.81. The highest BCUT2D eigenvalue weighted by Gasteiger charge is 2.20. The van der Waals surface area contributed by atoms with Gasteiger partial charge in [0, 0.05) is 37.8 Å². The molecule has 0 saturated carbocycles. The van der Waals surface area contributed by atoms with Crippen LogP contribution in [0.15, 0.2) is 41.5 Å². The van der Waals surface area contributed by atoms with Crippen molar-refractivity contribution in [2.45, 2.75) is 6.54 Å². The quantitative estimate of drug-likeness (QED) is 0.716. The molecule has 2 aromatic rings. The lowest BCUT2D eigenvalue weighted by molar-refractivity contribution is -0.135. The fourth-order valence-electron chi connectivity index (χ4n) is 2.79. The second-order valence-electron chi connectivity index (χ2n) is 5.99. The van der Waals surface area contributed by atoms with Gasteiger partial charge in [0.15, 0.2) is 0 Å². The van der Waals surface area contributed by atoms with Crippen LogP contribution in [0.5, 0.6) is 5.75 Å². The van der Waals surface area contributed by atoms with Crippen LogP contribution in [0.25, 0.3) is 11.3 Å². The zero-order valence-corrected chi connectivity index (χ0v) is 14.5. The standard InChI is InChI=1S/C18H20N4O4/c1-26-15-4-2-14(3-5-15)16-10-17(24)22(12-19-16)11-18(25)21-8-6-20(13-23)7-9-21/h2-5,10,12-13H,6-9,11H2,1H3. The lowest BCUT2D eigenvalue weighted by atomic mass is 10.1. The Morgan fingerprint density at radius 2 is 1.88 bits per heavy atom. The van der Waals surface area contributed by atoms with Gasteiger partial charge in [-0.1, -0.05) is 0 Å². The van der Waals surface area contributed by atoms with E-state index in [0.717, 1.165) is 17.7 Å². The molecule has 2 amide bonds. The lowest BCUT2D eigenvalue weighted by Crippen LogP contribution is -2.49. The summed E-state index contributed by atoms with van der Waals surface area (Å²) >= 11 is 0. The van der Waals surface area contributed by atoms with Gasteiger partial charge in [0.1, 0.15) is 12.3 Å². The smallest absolute Gasteiger partial charge is 0.254 e. The molecule has 1 aromatic carbocycles. The molecule has 1 aliphatic heterocycles. The zero-order chi connectivity index (χ0) is 18.5. The Hall–Kier alpha value is -3.16. The first-order chi connectivity index (χ1) is 12.6. The Labute approximate surface area is 150 Å². The lowest BCUT2D eigenvalue weighted by Gasteiger charge is -2.32. The minimum Gasteiger partial charge on any atom is -0.497 e. The SMILES string of the molecule is COc1ccc(-c2cc(=O)n(CC(=O)N3CCN(C=O)CC3)cn2)cc1. The molecule has 0 unspecified atom stereocenters. The molecule has 0 radical (unpaired) electrons. The van der Waals surface area contributed by atoms with Crippen molar-refractivity contribution >= 4 is 12.3 Å². The third-order valence-corrected chi connectivity index (χ3v) is 4.39. The molecule has 0 atom stereocenters. The van der Waals surface area contributed by atoms with Crippen LogP contribution >= 0.6 is 0 Å². The highest BCUT2D eigenvalue weighted by molar-refractivity contribution is 5.76. The summed E-state index contributed by atoms with van der Waals surface area (Å²) in [5, 5.41) is 0. The predicted molar refractivity (Wildman–Crippen MR) is 94.7 cm³/mol. The van der Waals surface area contributed by atoms with E-state index < -0.39 is 0 Å². The van der Waals surface area contributed by atoms with Gasteiger partial charge in [-0.25, -0.2) is 4.98 Å². The van der Waals surface area contributed by atoms with Crippen LogP contribution in [-0.4, -0.2) is 65.0 Å². The third kappa shape index (κ3) is 3.90. The first-order valence-electron chi connectivity index (χ1n) is 8.29. The maximum absolute atomic E-state index is 12.4. The van der Waals surface area contributed by atoms with Gasteiger partial charge >= 0.3 is 0 Å². The summed E-state index contributed by atoms with van der Waals surface area (Å²) in [6.07, 6.45) is 2.18. The van der Waals surface area contributed by atoms with Gasteiger partial charge < -0.3 is 14.5 Å². The van der Waals surface area contributed by atoms with Crippen molar-refractivity contribution in [2.24, 2.45) is 0 Å². The molecule has 26 heavy (non-hydrogen) atoms. The van der Waals surface area contributed by atoms with Crippen LogP contribution in [0.3, 0.4) is 0 Å². The number of benzene rings is 1. The average molecular weight is 356 g/mol. The zero-order valence-electron chi connectivity index (χ0n) is 14.5. The Balaban J connectivity index is 1.68. The number of nitrogens with zero attached hydrogens (tertiary/aromatic N) is 4. The molecule has 0 bridgehead atoms. The van der Waals surface area contributed by atoms with Crippen LogP contribution in [0, 0.1) is 0 Å². The molecule has 8 nitrogen and oxygen atoms in total. The number of carbonyl (C=O) groups is 2. The van der Waals surface area contributed by atoms with Crippen molar-refractivity contribution in [3.63, 3.8) is 0 Å². The van der Waals surface area contributed by atoms with Crippen molar-refractivity contribution in [1.29, 1.82) is 0 Å². The van der Waals surface area contributed by atoms with Gasteiger partial charge in [0.2, 0.25) is 12.3 Å². The molecular weight excluding hydrogens is 336 g/mol. The fraction of sp³-hybridized carbons (Fsp3) is 0.333. The van der Waals surface area contributed by atoms with Crippen molar-refractivity contribution in [3.8, 4) is 17.0 Å². The van der Waals surface area contributed by atoms with Crippen LogP contribution in [0.1, 0.15) is 0 Å². The van der Waals surface area contributed by atoms with E-state index in [1.54, 1.807) is 29.0 Å². The Bertz CT molecular complexity index is 839. The van der Waals surface area contributed by atoms with Gasteiger partial charge in [-0.3, -0.25) is 19.0 Å². The molecule has 3 rings (SSSR count). The van der Waals surface area contributed by atoms with E-state index in [9.17, 15) is 14.4 Å². The van der Waals surface area contributed by atoms with Gasteiger partial charge in [-0.05, 0) is 24.3 Å². The number of methoxy groups -OCH3 is 1. The number of rotatable bonds is 5. The molecule has 1 aliphatic rings. The summed E-state index contributed by atoms with van der Waals surface area (Å²) < 4.78 is 6.41. The number of hydrogen-bond donors (Lipinski definition) is 0. The van der Waals surface area contributed by atoms with Crippen molar-refractivity contribution in [1.82, 2.24) is 19.4 Å². The third-order valence-electron chi connectivity index (χ3n) is 4.39. The monoisotopic (exact) mass is 356 g/mol. The van der Waals surface area contributed by atoms with Crippen molar-refractivity contribution in [2.75, 3.05) is 33.3 Å². The summed E-state index contributed by atoms with van der Waals surface area (Å²) in [5.74, 6) is 0.569. The van der Waals surface area contributed by atoms with E-state index in [2.05, 4.69) is 4.98 Å². The molecule has 1 fully saturated rings. The molecule has 8 heteroatoms. The summed E-state index contributed by atoms with van der Waals surface area (Å²) in [4.78, 5) is 43.0. The maximum Gasteiger partial charge on any atom is 0.254 e. The van der Waals surface area contributed by atoms with E-state index in [1.807, 2.05) is 12.1 Å². The van der Waals surface area contributed by atoms with E-state index in [1.165, 1.54) is 17.0 Å². The molecule has 0 aliphatic carbocycles. The van der Waals surface area contributed by atoms with Crippen molar-refractivity contribution < 1.29 is 14.3 Å². The topological polar surface area (TPSA) is 84.7 Å². The molecule has 0 N–H and O–H groups in total. The Morgan fingerprint density at radius 1 is 1.19 bits per heavy atom. The Morgan fingerprint density at radius 3 is 2.46 bits per heavy atom. The first kappa shape index (κ1) is 17.7. The minimum atomic E-state index is -0.286. The van der Waals surface area contributed by atoms with E-state index >= 15 is 0 Å². The van der Waals surface area contributed by atoms with Crippen LogP contribution < -0.4 is 10.3 Å². The summed E-state index contributed by atoms with van der Waals surface area (Å²) in [6, 6.07) is 8.65. The molecule has 136 valence electrons. The number of piperazine rings is 1. The molecular formula is C18H20N4O4. The highest BCUT2D eigenvalue weighted by Crippen LogP contribution is 2.19. The van der Waals surface area contributed by atoms with Crippen molar-refractivity contribution in [3.05, 3.63) is 47.0 Å². The summed E-state index contributed by atoms with van der Waals surface area (Å²) in [6.45, 7) is 1.92. The van der Waals surface area contributed by atoms with Gasteiger partial charge in [0.25, 0.3) is 5.56 Å². The number of ether oxygens (including phenoxy) is 1. The highest BCUT2D eigenvalue weighted by atomic mass is 16.5. The van der Waals surface area contributed by atoms with E-state index in [4.69, 9.17) is 4.74 Å². The number of carbonyl (C=O) groups excluding carboxylic acids is 2. The normalized spacial score (nSPS) is 14.2. The van der Waals surface area contributed by atoms with Crippen LogP contribution in [0.4, 0.5) is 0 Å². The van der Waals surface area contributed by atoms with E-state index in [-0.39, 0.29) is 18.0 Å². The molecule has 1 saturated heterocycles. The number of amides is 2. The number of aromatic nitrogens is 2. The molecule has 0 spiro atoms. The average Bonchev–Trinajstić information content (AvgIpc) is 2.69. The molecule has 2 heterocycles.